The highest BCUT2D eigenvalue weighted by Gasteiger charge is 2.27. The van der Waals surface area contributed by atoms with E-state index < -0.39 is 4.92 Å². The SMILES string of the molecule is Cc1cc(N2CCN([C@@H](C)c3nnc(-c4ccc([N+](=O)[O-])cc4)o3)CC2)nc(C(C)C)n1. The maximum Gasteiger partial charge on any atom is 0.269 e. The van der Waals surface area contributed by atoms with Crippen LogP contribution in [0.2, 0.25) is 0 Å². The van der Waals surface area contributed by atoms with E-state index in [0.717, 1.165) is 43.5 Å². The Morgan fingerprint density at radius 2 is 1.72 bits per heavy atom. The second-order valence-corrected chi connectivity index (χ2v) is 8.33. The molecule has 0 amide bonds. The van der Waals surface area contributed by atoms with Gasteiger partial charge in [0.25, 0.3) is 5.69 Å². The first-order chi connectivity index (χ1) is 15.3. The molecule has 0 N–H and O–H groups in total. The Labute approximate surface area is 186 Å². The summed E-state index contributed by atoms with van der Waals surface area (Å²) in [6.07, 6.45) is 0. The lowest BCUT2D eigenvalue weighted by Crippen LogP contribution is -2.47. The van der Waals surface area contributed by atoms with Gasteiger partial charge in [0.15, 0.2) is 0 Å². The van der Waals surface area contributed by atoms with E-state index in [1.54, 1.807) is 12.1 Å². The Balaban J connectivity index is 1.41. The minimum atomic E-state index is -0.433. The van der Waals surface area contributed by atoms with Crippen LogP contribution in [0.4, 0.5) is 11.5 Å². The number of nitro groups is 1. The van der Waals surface area contributed by atoms with Crippen molar-refractivity contribution >= 4 is 11.5 Å². The number of nitro benzene ring substituents is 1. The van der Waals surface area contributed by atoms with E-state index in [9.17, 15) is 10.1 Å². The maximum absolute atomic E-state index is 10.8. The molecule has 2 aromatic heterocycles. The highest BCUT2D eigenvalue weighted by atomic mass is 16.6. The van der Waals surface area contributed by atoms with Crippen molar-refractivity contribution in [1.82, 2.24) is 25.1 Å². The van der Waals surface area contributed by atoms with Crippen LogP contribution < -0.4 is 4.90 Å². The van der Waals surface area contributed by atoms with Gasteiger partial charge < -0.3 is 9.32 Å². The van der Waals surface area contributed by atoms with Crippen LogP contribution in [-0.2, 0) is 0 Å². The number of aryl methyl sites for hydroxylation is 1. The number of hydrogen-bond donors (Lipinski definition) is 0. The fraction of sp³-hybridized carbons (Fsp3) is 0.455. The van der Waals surface area contributed by atoms with Crippen molar-refractivity contribution in [3.05, 3.63) is 57.9 Å². The molecule has 0 saturated carbocycles. The zero-order valence-corrected chi connectivity index (χ0v) is 18.7. The van der Waals surface area contributed by atoms with Crippen LogP contribution in [0.25, 0.3) is 11.5 Å². The molecule has 0 aliphatic carbocycles. The zero-order chi connectivity index (χ0) is 22.8. The third kappa shape index (κ3) is 4.59. The molecule has 0 unspecified atom stereocenters. The maximum atomic E-state index is 10.8. The van der Waals surface area contributed by atoms with E-state index in [4.69, 9.17) is 9.40 Å². The average Bonchev–Trinajstić information content (AvgIpc) is 3.28. The lowest BCUT2D eigenvalue weighted by molar-refractivity contribution is -0.384. The lowest BCUT2D eigenvalue weighted by Gasteiger charge is -2.37. The van der Waals surface area contributed by atoms with Crippen LogP contribution in [-0.4, -0.2) is 56.2 Å². The predicted octanol–water partition coefficient (Wildman–Crippen LogP) is 3.75. The summed E-state index contributed by atoms with van der Waals surface area (Å²) in [4.78, 5) is 24.3. The third-order valence-electron chi connectivity index (χ3n) is 5.68. The molecule has 10 nitrogen and oxygen atoms in total. The van der Waals surface area contributed by atoms with Crippen LogP contribution in [0.15, 0.2) is 34.7 Å². The molecular formula is C22H27N7O3. The summed E-state index contributed by atoms with van der Waals surface area (Å²) in [7, 11) is 0. The number of hydrogen-bond acceptors (Lipinski definition) is 9. The average molecular weight is 438 g/mol. The van der Waals surface area contributed by atoms with E-state index in [1.165, 1.54) is 12.1 Å². The Kier molecular flexibility index (Phi) is 6.13. The lowest BCUT2D eigenvalue weighted by atomic mass is 10.2. The standard InChI is InChI=1S/C22H27N7O3/c1-14(2)20-23-15(3)13-19(24-20)28-11-9-27(10-12-28)16(4)21-25-26-22(32-21)17-5-7-18(8-6-17)29(30)31/h5-8,13-14,16H,9-12H2,1-4H3/t16-/m0/s1. The summed E-state index contributed by atoms with van der Waals surface area (Å²) in [5.74, 6) is 3.04. The van der Waals surface area contributed by atoms with Gasteiger partial charge in [-0.1, -0.05) is 13.8 Å². The quantitative estimate of drug-likeness (QED) is 0.420. The number of aromatic nitrogens is 4. The molecule has 0 spiro atoms. The van der Waals surface area contributed by atoms with Gasteiger partial charge >= 0.3 is 0 Å². The van der Waals surface area contributed by atoms with Crippen LogP contribution >= 0.6 is 0 Å². The number of anilines is 1. The molecule has 1 atom stereocenters. The van der Waals surface area contributed by atoms with E-state index >= 15 is 0 Å². The fourth-order valence-corrected chi connectivity index (χ4v) is 3.73. The van der Waals surface area contributed by atoms with Gasteiger partial charge in [0.05, 0.1) is 11.0 Å². The minimum Gasteiger partial charge on any atom is -0.419 e. The Morgan fingerprint density at radius 3 is 2.34 bits per heavy atom. The number of nitrogens with zero attached hydrogens (tertiary/aromatic N) is 7. The highest BCUT2D eigenvalue weighted by Crippen LogP contribution is 2.27. The van der Waals surface area contributed by atoms with Crippen LogP contribution in [0.3, 0.4) is 0 Å². The van der Waals surface area contributed by atoms with Crippen LogP contribution in [0.5, 0.6) is 0 Å². The summed E-state index contributed by atoms with van der Waals surface area (Å²) in [5.41, 5.74) is 1.67. The van der Waals surface area contributed by atoms with Crippen molar-refractivity contribution in [3.63, 3.8) is 0 Å². The molecule has 0 radical (unpaired) electrons. The largest absolute Gasteiger partial charge is 0.419 e. The molecule has 10 heteroatoms. The van der Waals surface area contributed by atoms with E-state index in [0.29, 0.717) is 17.3 Å². The van der Waals surface area contributed by atoms with Gasteiger partial charge in [0, 0.05) is 61.6 Å². The molecule has 0 bridgehead atoms. The Morgan fingerprint density at radius 1 is 1.03 bits per heavy atom. The first-order valence-electron chi connectivity index (χ1n) is 10.7. The Hall–Kier alpha value is -3.40. The van der Waals surface area contributed by atoms with Gasteiger partial charge in [-0.05, 0) is 26.0 Å². The van der Waals surface area contributed by atoms with Gasteiger partial charge in [-0.15, -0.1) is 10.2 Å². The number of piperazine rings is 1. The topological polar surface area (TPSA) is 114 Å². The molecule has 1 aliphatic rings. The van der Waals surface area contributed by atoms with Gasteiger partial charge in [-0.25, -0.2) is 9.97 Å². The smallest absolute Gasteiger partial charge is 0.269 e. The molecule has 3 heterocycles. The normalized spacial score (nSPS) is 15.8. The summed E-state index contributed by atoms with van der Waals surface area (Å²) in [6, 6.07) is 8.11. The second-order valence-electron chi connectivity index (χ2n) is 8.33. The number of rotatable bonds is 6. The Bertz CT molecular complexity index is 1090. The summed E-state index contributed by atoms with van der Waals surface area (Å²) in [6.45, 7) is 11.7. The predicted molar refractivity (Wildman–Crippen MR) is 119 cm³/mol. The molecule has 1 fully saturated rings. The second kappa shape index (κ2) is 8.99. The molecule has 1 aliphatic heterocycles. The first-order valence-corrected chi connectivity index (χ1v) is 10.7. The van der Waals surface area contributed by atoms with Gasteiger partial charge in [0.1, 0.15) is 11.6 Å². The molecule has 1 aromatic carbocycles. The number of benzene rings is 1. The summed E-state index contributed by atoms with van der Waals surface area (Å²) in [5, 5.41) is 19.2. The third-order valence-corrected chi connectivity index (χ3v) is 5.68. The van der Waals surface area contributed by atoms with Gasteiger partial charge in [0.2, 0.25) is 11.8 Å². The molecule has 32 heavy (non-hydrogen) atoms. The van der Waals surface area contributed by atoms with Crippen molar-refractivity contribution in [2.24, 2.45) is 0 Å². The summed E-state index contributed by atoms with van der Waals surface area (Å²) < 4.78 is 5.89. The van der Waals surface area contributed by atoms with Gasteiger partial charge in [-0.2, -0.15) is 0 Å². The minimum absolute atomic E-state index is 0.0270. The van der Waals surface area contributed by atoms with Crippen molar-refractivity contribution in [2.75, 3.05) is 31.1 Å². The number of non-ortho nitro benzene ring substituents is 1. The molecule has 3 aromatic rings. The van der Waals surface area contributed by atoms with Crippen molar-refractivity contribution in [1.29, 1.82) is 0 Å². The zero-order valence-electron chi connectivity index (χ0n) is 18.7. The molecule has 168 valence electrons. The van der Waals surface area contributed by atoms with E-state index in [2.05, 4.69) is 45.8 Å². The van der Waals surface area contributed by atoms with Crippen molar-refractivity contribution in [2.45, 2.75) is 39.7 Å². The molecule has 1 saturated heterocycles. The van der Waals surface area contributed by atoms with E-state index in [1.807, 2.05) is 13.0 Å². The highest BCUT2D eigenvalue weighted by molar-refractivity contribution is 5.55. The monoisotopic (exact) mass is 437 g/mol. The molecular weight excluding hydrogens is 410 g/mol. The van der Waals surface area contributed by atoms with Crippen molar-refractivity contribution in [3.8, 4) is 11.5 Å². The van der Waals surface area contributed by atoms with Crippen molar-refractivity contribution < 1.29 is 9.34 Å². The molecule has 4 rings (SSSR count). The summed E-state index contributed by atoms with van der Waals surface area (Å²) >= 11 is 0. The van der Waals surface area contributed by atoms with Crippen LogP contribution in [0.1, 0.15) is 50.1 Å². The van der Waals surface area contributed by atoms with Gasteiger partial charge in [-0.3, -0.25) is 15.0 Å². The van der Waals surface area contributed by atoms with E-state index in [-0.39, 0.29) is 17.6 Å². The first kappa shape index (κ1) is 21.8. The fourth-order valence-electron chi connectivity index (χ4n) is 3.73. The van der Waals surface area contributed by atoms with Crippen LogP contribution in [0, 0.1) is 17.0 Å².